The molecule has 0 aromatic rings. The van der Waals surface area contributed by atoms with E-state index in [2.05, 4.69) is 13.0 Å². The Morgan fingerprint density at radius 3 is 2.72 bits per heavy atom. The molecule has 0 spiro atoms. The van der Waals surface area contributed by atoms with Crippen molar-refractivity contribution in [2.75, 3.05) is 0 Å². The Labute approximate surface area is 114 Å². The van der Waals surface area contributed by atoms with Crippen LogP contribution >= 0.6 is 11.6 Å². The van der Waals surface area contributed by atoms with Crippen molar-refractivity contribution in [3.8, 4) is 0 Å². The van der Waals surface area contributed by atoms with Crippen LogP contribution in [0.5, 0.6) is 0 Å². The highest BCUT2D eigenvalue weighted by Crippen LogP contribution is 2.40. The zero-order valence-corrected chi connectivity index (χ0v) is 11.6. The third kappa shape index (κ3) is 4.62. The van der Waals surface area contributed by atoms with Gasteiger partial charge in [0.2, 0.25) is 0 Å². The van der Waals surface area contributed by atoms with Crippen molar-refractivity contribution in [3.63, 3.8) is 0 Å². The maximum atomic E-state index is 10.3. The summed E-state index contributed by atoms with van der Waals surface area (Å²) in [5.74, 6) is -0.0901. The van der Waals surface area contributed by atoms with Crippen LogP contribution in [0.4, 0.5) is 0 Å². The minimum atomic E-state index is -0.741. The lowest BCUT2D eigenvalue weighted by Crippen LogP contribution is -2.19. The Morgan fingerprint density at radius 1 is 1.39 bits per heavy atom. The molecule has 0 saturated heterocycles. The molecule has 0 aromatic carbocycles. The topological polar surface area (TPSA) is 57.5 Å². The van der Waals surface area contributed by atoms with Crippen LogP contribution in [0, 0.1) is 11.8 Å². The second-order valence-corrected chi connectivity index (χ2v) is 5.61. The highest BCUT2D eigenvalue weighted by molar-refractivity contribution is 6.21. The molecular formula is C14H23ClO3. The smallest absolute Gasteiger partial charge is 0.303 e. The van der Waals surface area contributed by atoms with Gasteiger partial charge < -0.3 is 10.2 Å². The molecule has 4 heteroatoms. The second kappa shape index (κ2) is 7.80. The number of hydrogen-bond donors (Lipinski definition) is 2. The number of carboxylic acids is 1. The zero-order chi connectivity index (χ0) is 13.5. The summed E-state index contributed by atoms with van der Waals surface area (Å²) in [5, 5.41) is 18.4. The van der Waals surface area contributed by atoms with E-state index in [-0.39, 0.29) is 17.9 Å². The van der Waals surface area contributed by atoms with Crippen molar-refractivity contribution < 1.29 is 15.0 Å². The van der Waals surface area contributed by atoms with Crippen molar-refractivity contribution in [1.29, 1.82) is 0 Å². The molecule has 0 aromatic heterocycles. The van der Waals surface area contributed by atoms with E-state index in [1.54, 1.807) is 0 Å². The number of rotatable bonds is 7. The molecule has 1 rings (SSSR count). The molecule has 1 aliphatic carbocycles. The number of alkyl halides is 1. The SMILES string of the molecule is CC[C@@H]1[C@@H](C/C=C\CCCC(=O)O)[C@H](Cl)C[C@H]1O. The van der Waals surface area contributed by atoms with E-state index in [1.165, 1.54) is 0 Å². The fourth-order valence-corrected chi connectivity index (χ4v) is 3.25. The average Bonchev–Trinajstić information content (AvgIpc) is 2.57. The highest BCUT2D eigenvalue weighted by Gasteiger charge is 2.39. The van der Waals surface area contributed by atoms with Gasteiger partial charge in [-0.15, -0.1) is 11.6 Å². The first-order valence-corrected chi connectivity index (χ1v) is 7.18. The molecular weight excluding hydrogens is 252 g/mol. The summed E-state index contributed by atoms with van der Waals surface area (Å²) in [6.45, 7) is 2.09. The van der Waals surface area contributed by atoms with E-state index < -0.39 is 5.97 Å². The molecule has 0 radical (unpaired) electrons. The zero-order valence-electron chi connectivity index (χ0n) is 10.9. The summed E-state index contributed by atoms with van der Waals surface area (Å²) < 4.78 is 0. The number of carbonyl (C=O) groups is 1. The average molecular weight is 275 g/mol. The van der Waals surface area contributed by atoms with E-state index in [4.69, 9.17) is 16.7 Å². The van der Waals surface area contributed by atoms with Crippen LogP contribution in [0.15, 0.2) is 12.2 Å². The fourth-order valence-electron chi connectivity index (χ4n) is 2.77. The van der Waals surface area contributed by atoms with Gasteiger partial charge in [0.1, 0.15) is 0 Å². The van der Waals surface area contributed by atoms with E-state index in [0.29, 0.717) is 24.7 Å². The Bertz CT molecular complexity index is 291. The van der Waals surface area contributed by atoms with Crippen LogP contribution in [0.1, 0.15) is 45.4 Å². The number of hydrogen-bond acceptors (Lipinski definition) is 2. The molecule has 18 heavy (non-hydrogen) atoms. The molecule has 3 nitrogen and oxygen atoms in total. The van der Waals surface area contributed by atoms with Crippen molar-refractivity contribution in [1.82, 2.24) is 0 Å². The van der Waals surface area contributed by atoms with Crippen LogP contribution in [0.25, 0.3) is 0 Å². The first-order valence-electron chi connectivity index (χ1n) is 6.75. The number of unbranched alkanes of at least 4 members (excludes halogenated alkanes) is 1. The van der Waals surface area contributed by atoms with Crippen molar-refractivity contribution in [2.45, 2.75) is 56.9 Å². The summed E-state index contributed by atoms with van der Waals surface area (Å²) in [5.41, 5.74) is 0. The quantitative estimate of drug-likeness (QED) is 0.426. The van der Waals surface area contributed by atoms with Gasteiger partial charge in [-0.2, -0.15) is 0 Å². The highest BCUT2D eigenvalue weighted by atomic mass is 35.5. The first kappa shape index (κ1) is 15.5. The molecule has 1 saturated carbocycles. The Kier molecular flexibility index (Phi) is 6.72. The molecule has 2 N–H and O–H groups in total. The van der Waals surface area contributed by atoms with E-state index >= 15 is 0 Å². The molecule has 104 valence electrons. The number of aliphatic hydroxyl groups is 1. The summed E-state index contributed by atoms with van der Waals surface area (Å²) >= 11 is 6.26. The Morgan fingerprint density at radius 2 is 2.11 bits per heavy atom. The van der Waals surface area contributed by atoms with Gasteiger partial charge >= 0.3 is 5.97 Å². The molecule has 4 atom stereocenters. The van der Waals surface area contributed by atoms with Gasteiger partial charge in [-0.3, -0.25) is 4.79 Å². The summed E-state index contributed by atoms with van der Waals surface area (Å²) in [6.07, 6.45) is 8.10. The fraction of sp³-hybridized carbons (Fsp3) is 0.786. The number of allylic oxidation sites excluding steroid dienone is 2. The standard InChI is InChI=1S/C14H23ClO3/c1-2-10-11(12(15)9-13(10)16)7-5-3-4-6-8-14(17)18/h3,5,10-13,16H,2,4,6-9H2,1H3,(H,17,18)/b5-3-/t10-,11-,12-,13-/m1/s1. The number of carboxylic acid groups (broad SMARTS) is 1. The summed E-state index contributed by atoms with van der Waals surface area (Å²) in [7, 11) is 0. The molecule has 1 fully saturated rings. The minimum Gasteiger partial charge on any atom is -0.481 e. The van der Waals surface area contributed by atoms with Gasteiger partial charge in [0.05, 0.1) is 6.10 Å². The molecule has 0 aliphatic heterocycles. The lowest BCUT2D eigenvalue weighted by molar-refractivity contribution is -0.137. The van der Waals surface area contributed by atoms with Gasteiger partial charge in [-0.05, 0) is 37.5 Å². The lowest BCUT2D eigenvalue weighted by atomic mass is 9.89. The summed E-state index contributed by atoms with van der Waals surface area (Å²) in [4.78, 5) is 10.3. The largest absolute Gasteiger partial charge is 0.481 e. The maximum Gasteiger partial charge on any atom is 0.303 e. The van der Waals surface area contributed by atoms with Gasteiger partial charge in [-0.25, -0.2) is 0 Å². The van der Waals surface area contributed by atoms with Crippen LogP contribution in [0.2, 0.25) is 0 Å². The number of halogens is 1. The maximum absolute atomic E-state index is 10.3. The van der Waals surface area contributed by atoms with Crippen LogP contribution in [-0.4, -0.2) is 27.7 Å². The molecule has 0 amide bonds. The lowest BCUT2D eigenvalue weighted by Gasteiger charge is -2.20. The van der Waals surface area contributed by atoms with Crippen LogP contribution in [0.3, 0.4) is 0 Å². The van der Waals surface area contributed by atoms with E-state index in [1.807, 2.05) is 6.08 Å². The minimum absolute atomic E-state index is 0.0635. The van der Waals surface area contributed by atoms with Crippen molar-refractivity contribution in [2.24, 2.45) is 11.8 Å². The third-order valence-electron chi connectivity index (χ3n) is 3.78. The van der Waals surface area contributed by atoms with Crippen LogP contribution in [-0.2, 0) is 4.79 Å². The number of aliphatic hydroxyl groups excluding tert-OH is 1. The third-order valence-corrected chi connectivity index (χ3v) is 4.28. The van der Waals surface area contributed by atoms with Gasteiger partial charge in [-0.1, -0.05) is 25.5 Å². The Balaban J connectivity index is 2.29. The molecule has 0 unspecified atom stereocenters. The van der Waals surface area contributed by atoms with Gasteiger partial charge in [0, 0.05) is 11.8 Å². The number of aliphatic carboxylic acids is 1. The first-order chi connectivity index (χ1) is 8.56. The molecule has 0 heterocycles. The van der Waals surface area contributed by atoms with Gasteiger partial charge in [0.15, 0.2) is 0 Å². The van der Waals surface area contributed by atoms with Crippen LogP contribution < -0.4 is 0 Å². The second-order valence-electron chi connectivity index (χ2n) is 5.05. The molecule has 0 bridgehead atoms. The van der Waals surface area contributed by atoms with Gasteiger partial charge in [0.25, 0.3) is 0 Å². The Hall–Kier alpha value is -0.540. The van der Waals surface area contributed by atoms with Crippen molar-refractivity contribution in [3.05, 3.63) is 12.2 Å². The monoisotopic (exact) mass is 274 g/mol. The molecule has 1 aliphatic rings. The van der Waals surface area contributed by atoms with E-state index in [0.717, 1.165) is 19.3 Å². The summed E-state index contributed by atoms with van der Waals surface area (Å²) in [6, 6.07) is 0. The van der Waals surface area contributed by atoms with E-state index in [9.17, 15) is 9.90 Å². The predicted molar refractivity (Wildman–Crippen MR) is 72.8 cm³/mol. The predicted octanol–water partition coefficient (Wildman–Crippen LogP) is 3.20. The van der Waals surface area contributed by atoms with Crippen molar-refractivity contribution >= 4 is 17.6 Å². The normalized spacial score (nSPS) is 32.2.